The summed E-state index contributed by atoms with van der Waals surface area (Å²) in [5, 5.41) is 7.97. The maximum atomic E-state index is 2.40. The van der Waals surface area contributed by atoms with Crippen molar-refractivity contribution in [2.75, 3.05) is 0 Å². The van der Waals surface area contributed by atoms with E-state index in [1.54, 1.807) is 0 Å². The molecule has 0 bridgehead atoms. The summed E-state index contributed by atoms with van der Waals surface area (Å²) in [6.45, 7) is 2.21. The van der Waals surface area contributed by atoms with Crippen molar-refractivity contribution in [3.8, 4) is 11.1 Å². The van der Waals surface area contributed by atoms with Gasteiger partial charge in [-0.25, -0.2) is 0 Å². The van der Waals surface area contributed by atoms with Crippen molar-refractivity contribution < 1.29 is 0 Å². The van der Waals surface area contributed by atoms with Crippen molar-refractivity contribution >= 4 is 32.3 Å². The van der Waals surface area contributed by atoms with Gasteiger partial charge >= 0.3 is 0 Å². The smallest absolute Gasteiger partial charge is 0.0137 e. The highest BCUT2D eigenvalue weighted by Gasteiger charge is 2.28. The lowest BCUT2D eigenvalue weighted by Crippen LogP contribution is -2.15. The molecule has 0 nitrogen and oxygen atoms in total. The van der Waals surface area contributed by atoms with Crippen molar-refractivity contribution in [2.45, 2.75) is 12.8 Å². The van der Waals surface area contributed by atoms with Crippen molar-refractivity contribution in [1.29, 1.82) is 0 Å². The molecule has 0 radical (unpaired) electrons. The highest BCUT2D eigenvalue weighted by molar-refractivity contribution is 6.18. The Morgan fingerprint density at radius 3 is 2.23 bits per heavy atom. The van der Waals surface area contributed by atoms with Gasteiger partial charge in [-0.2, -0.15) is 0 Å². The van der Waals surface area contributed by atoms with Gasteiger partial charge in [-0.1, -0.05) is 133 Å². The molecule has 2 atom stereocenters. The number of benzene rings is 5. The Balaban J connectivity index is 1.63. The molecule has 0 aliphatic heterocycles. The minimum absolute atomic E-state index is 0.298. The first-order valence-corrected chi connectivity index (χ1v) is 12.5. The minimum atomic E-state index is 0.298. The first-order chi connectivity index (χ1) is 17.3. The van der Waals surface area contributed by atoms with Crippen LogP contribution in [0.25, 0.3) is 43.4 Å². The number of hydrogen-bond donors (Lipinski definition) is 0. The van der Waals surface area contributed by atoms with Crippen LogP contribution in [0.5, 0.6) is 0 Å². The normalized spacial score (nSPS) is 18.8. The molecule has 5 aromatic rings. The SMILES string of the molecule is Cc1ccc2c(-c3cccc4ccccc34)c3ccccc3c(C3C=CC=C4C=CC=CC43)c2c1. The molecule has 166 valence electrons. The van der Waals surface area contributed by atoms with Gasteiger partial charge in [0.1, 0.15) is 0 Å². The molecule has 2 unspecified atom stereocenters. The molecule has 0 heterocycles. The Hall–Kier alpha value is -4.16. The Kier molecular flexibility index (Phi) is 4.60. The van der Waals surface area contributed by atoms with E-state index in [9.17, 15) is 0 Å². The molecule has 0 saturated carbocycles. The fourth-order valence-corrected chi connectivity index (χ4v) is 6.17. The molecule has 0 N–H and O–H groups in total. The van der Waals surface area contributed by atoms with Crippen LogP contribution in [0.15, 0.2) is 133 Å². The van der Waals surface area contributed by atoms with Crippen LogP contribution in [0, 0.1) is 12.8 Å². The second-order valence-corrected chi connectivity index (χ2v) is 9.76. The Morgan fingerprint density at radius 2 is 1.31 bits per heavy atom. The number of aryl methyl sites for hydroxylation is 1. The van der Waals surface area contributed by atoms with Gasteiger partial charge in [-0.3, -0.25) is 0 Å². The molecule has 0 amide bonds. The van der Waals surface area contributed by atoms with E-state index in [0.717, 1.165) is 0 Å². The van der Waals surface area contributed by atoms with Gasteiger partial charge in [0.25, 0.3) is 0 Å². The molecule has 7 rings (SSSR count). The van der Waals surface area contributed by atoms with Crippen molar-refractivity contribution in [2.24, 2.45) is 5.92 Å². The van der Waals surface area contributed by atoms with Crippen LogP contribution in [-0.2, 0) is 0 Å². The zero-order valence-corrected chi connectivity index (χ0v) is 19.8. The van der Waals surface area contributed by atoms with E-state index in [2.05, 4.69) is 134 Å². The van der Waals surface area contributed by atoms with Crippen LogP contribution >= 0.6 is 0 Å². The zero-order valence-electron chi connectivity index (χ0n) is 19.8. The van der Waals surface area contributed by atoms with Crippen molar-refractivity contribution in [3.05, 3.63) is 144 Å². The molecule has 0 spiro atoms. The second-order valence-electron chi connectivity index (χ2n) is 9.76. The van der Waals surface area contributed by atoms with Crippen LogP contribution in [0.2, 0.25) is 0 Å². The first-order valence-electron chi connectivity index (χ1n) is 12.5. The van der Waals surface area contributed by atoms with Gasteiger partial charge < -0.3 is 0 Å². The molecule has 0 aromatic heterocycles. The third kappa shape index (κ3) is 3.14. The van der Waals surface area contributed by atoms with E-state index in [1.165, 1.54) is 60.1 Å². The summed E-state index contributed by atoms with van der Waals surface area (Å²) in [6, 6.07) is 31.5. The summed E-state index contributed by atoms with van der Waals surface area (Å²) < 4.78 is 0. The third-order valence-corrected chi connectivity index (χ3v) is 7.71. The van der Waals surface area contributed by atoms with E-state index in [0.29, 0.717) is 11.8 Å². The van der Waals surface area contributed by atoms with E-state index in [4.69, 9.17) is 0 Å². The first kappa shape index (κ1) is 20.2. The Morgan fingerprint density at radius 1 is 0.571 bits per heavy atom. The van der Waals surface area contributed by atoms with Crippen LogP contribution in [0.4, 0.5) is 0 Å². The molecule has 0 fully saturated rings. The van der Waals surface area contributed by atoms with Crippen LogP contribution in [0.1, 0.15) is 17.0 Å². The summed E-state index contributed by atoms with van der Waals surface area (Å²) in [5.74, 6) is 0.660. The van der Waals surface area contributed by atoms with Gasteiger partial charge in [0.2, 0.25) is 0 Å². The van der Waals surface area contributed by atoms with E-state index in [-0.39, 0.29) is 0 Å². The van der Waals surface area contributed by atoms with E-state index >= 15 is 0 Å². The van der Waals surface area contributed by atoms with E-state index in [1.807, 2.05) is 0 Å². The van der Waals surface area contributed by atoms with Crippen molar-refractivity contribution in [3.63, 3.8) is 0 Å². The fourth-order valence-electron chi connectivity index (χ4n) is 6.17. The molecular weight excluding hydrogens is 420 g/mol. The predicted molar refractivity (Wildman–Crippen MR) is 151 cm³/mol. The van der Waals surface area contributed by atoms with Gasteiger partial charge in [-0.05, 0) is 61.5 Å². The maximum absolute atomic E-state index is 2.40. The van der Waals surface area contributed by atoms with Crippen LogP contribution in [0.3, 0.4) is 0 Å². The summed E-state index contributed by atoms with van der Waals surface area (Å²) >= 11 is 0. The second kappa shape index (κ2) is 7.96. The summed E-state index contributed by atoms with van der Waals surface area (Å²) in [7, 11) is 0. The monoisotopic (exact) mass is 446 g/mol. The van der Waals surface area contributed by atoms with Crippen LogP contribution in [-0.4, -0.2) is 0 Å². The van der Waals surface area contributed by atoms with E-state index < -0.39 is 0 Å². The standard InChI is InChI=1S/C35H26/c1-23-20-21-32-33(22-23)35(29-19-9-13-25-11-3-5-15-27(25)29)31-17-7-6-16-30(31)34(32)28-18-8-12-24-10-2-4-14-26(24)28/h2-22,27,29H,1H3. The molecule has 2 aliphatic carbocycles. The summed E-state index contributed by atoms with van der Waals surface area (Å²) in [5.41, 5.74) is 6.77. The lowest BCUT2D eigenvalue weighted by Gasteiger charge is -2.31. The molecule has 0 heteroatoms. The quantitative estimate of drug-likeness (QED) is 0.237. The minimum Gasteiger partial charge on any atom is -0.0761 e. The lowest BCUT2D eigenvalue weighted by atomic mass is 9.73. The highest BCUT2D eigenvalue weighted by atomic mass is 14.3. The number of rotatable bonds is 2. The van der Waals surface area contributed by atoms with Gasteiger partial charge in [0, 0.05) is 11.8 Å². The number of allylic oxidation sites excluding steroid dienone is 8. The molecule has 2 aliphatic rings. The Labute approximate surface area is 206 Å². The average Bonchev–Trinajstić information content (AvgIpc) is 2.91. The fraction of sp³-hybridized carbons (Fsp3) is 0.0857. The predicted octanol–water partition coefficient (Wildman–Crippen LogP) is 9.44. The summed E-state index contributed by atoms with van der Waals surface area (Å²) in [6.07, 6.45) is 15.9. The van der Waals surface area contributed by atoms with Gasteiger partial charge in [0.05, 0.1) is 0 Å². The zero-order chi connectivity index (χ0) is 23.4. The molecular formula is C35H26. The summed E-state index contributed by atoms with van der Waals surface area (Å²) in [4.78, 5) is 0. The average molecular weight is 447 g/mol. The van der Waals surface area contributed by atoms with Gasteiger partial charge in [-0.15, -0.1) is 0 Å². The maximum Gasteiger partial charge on any atom is 0.0137 e. The number of fused-ring (bicyclic) bond motifs is 4. The topological polar surface area (TPSA) is 0 Å². The lowest BCUT2D eigenvalue weighted by molar-refractivity contribution is 0.678. The molecule has 35 heavy (non-hydrogen) atoms. The third-order valence-electron chi connectivity index (χ3n) is 7.71. The van der Waals surface area contributed by atoms with Crippen LogP contribution < -0.4 is 0 Å². The highest BCUT2D eigenvalue weighted by Crippen LogP contribution is 2.48. The molecule has 0 saturated heterocycles. The van der Waals surface area contributed by atoms with Gasteiger partial charge in [0.15, 0.2) is 0 Å². The van der Waals surface area contributed by atoms with Crippen molar-refractivity contribution in [1.82, 2.24) is 0 Å². The number of hydrogen-bond acceptors (Lipinski definition) is 0. The molecule has 5 aromatic carbocycles. The Bertz CT molecular complexity index is 1750. The largest absolute Gasteiger partial charge is 0.0761 e.